The van der Waals surface area contributed by atoms with Crippen LogP contribution in [0.25, 0.3) is 10.9 Å². The van der Waals surface area contributed by atoms with Gasteiger partial charge in [0.1, 0.15) is 0 Å². The molecule has 2 aromatic rings. The Kier molecular flexibility index (Phi) is 2.95. The highest BCUT2D eigenvalue weighted by Gasteiger charge is 2.14. The average molecular weight is 217 g/mol. The highest BCUT2D eigenvalue weighted by atomic mass is 16.5. The van der Waals surface area contributed by atoms with Crippen molar-refractivity contribution >= 4 is 16.9 Å². The standard InChI is InChI=1S/C13H15NO2/c1-9(13(15)16-2)7-11-8-10-5-3-4-6-12(10)14-11/h3-6,8-9,14H,7H2,1-2H3. The zero-order valence-corrected chi connectivity index (χ0v) is 9.49. The van der Waals surface area contributed by atoms with Crippen LogP contribution in [0.1, 0.15) is 12.6 Å². The van der Waals surface area contributed by atoms with Crippen molar-refractivity contribution in [3.05, 3.63) is 36.0 Å². The van der Waals surface area contributed by atoms with Gasteiger partial charge in [-0.05, 0) is 17.5 Å². The lowest BCUT2D eigenvalue weighted by Crippen LogP contribution is -2.15. The number of nitrogens with one attached hydrogen (secondary N) is 1. The van der Waals surface area contributed by atoms with Crippen LogP contribution in [-0.4, -0.2) is 18.1 Å². The molecule has 84 valence electrons. The molecule has 0 saturated carbocycles. The SMILES string of the molecule is COC(=O)C(C)Cc1cc2ccccc2[nH]1. The lowest BCUT2D eigenvalue weighted by molar-refractivity contribution is -0.144. The third-order valence-electron chi connectivity index (χ3n) is 2.72. The smallest absolute Gasteiger partial charge is 0.308 e. The molecule has 1 heterocycles. The zero-order chi connectivity index (χ0) is 11.5. The summed E-state index contributed by atoms with van der Waals surface area (Å²) in [4.78, 5) is 14.6. The molecule has 0 spiro atoms. The summed E-state index contributed by atoms with van der Waals surface area (Å²) < 4.78 is 4.71. The number of esters is 1. The van der Waals surface area contributed by atoms with Gasteiger partial charge in [-0.15, -0.1) is 0 Å². The first-order valence-corrected chi connectivity index (χ1v) is 5.35. The molecule has 0 amide bonds. The Morgan fingerprint density at radius 2 is 2.19 bits per heavy atom. The molecule has 0 bridgehead atoms. The van der Waals surface area contributed by atoms with Crippen LogP contribution in [0.5, 0.6) is 0 Å². The summed E-state index contributed by atoms with van der Waals surface area (Å²) in [5, 5.41) is 1.18. The molecule has 0 fully saturated rings. The normalized spacial score (nSPS) is 12.6. The summed E-state index contributed by atoms with van der Waals surface area (Å²) in [6.07, 6.45) is 0.682. The predicted octanol–water partition coefficient (Wildman–Crippen LogP) is 2.52. The number of aromatic amines is 1. The number of carbonyl (C=O) groups is 1. The van der Waals surface area contributed by atoms with E-state index in [2.05, 4.69) is 17.1 Å². The quantitative estimate of drug-likeness (QED) is 0.803. The number of hydrogen-bond donors (Lipinski definition) is 1. The maximum absolute atomic E-state index is 11.3. The van der Waals surface area contributed by atoms with E-state index in [4.69, 9.17) is 4.74 Å². The molecule has 1 atom stereocenters. The van der Waals surface area contributed by atoms with Crippen LogP contribution in [0.3, 0.4) is 0 Å². The molecule has 0 saturated heterocycles. The predicted molar refractivity (Wildman–Crippen MR) is 63.2 cm³/mol. The molecule has 3 nitrogen and oxygen atoms in total. The van der Waals surface area contributed by atoms with Crippen LogP contribution in [0, 0.1) is 5.92 Å². The van der Waals surface area contributed by atoms with Gasteiger partial charge in [-0.25, -0.2) is 0 Å². The van der Waals surface area contributed by atoms with E-state index in [-0.39, 0.29) is 11.9 Å². The summed E-state index contributed by atoms with van der Waals surface area (Å²) in [6, 6.07) is 10.2. The molecular formula is C13H15NO2. The highest BCUT2D eigenvalue weighted by molar-refractivity contribution is 5.80. The third-order valence-corrected chi connectivity index (χ3v) is 2.72. The number of fused-ring (bicyclic) bond motifs is 1. The summed E-state index contributed by atoms with van der Waals surface area (Å²) in [6.45, 7) is 1.87. The molecule has 0 radical (unpaired) electrons. The van der Waals surface area contributed by atoms with Crippen molar-refractivity contribution in [3.8, 4) is 0 Å². The zero-order valence-electron chi connectivity index (χ0n) is 9.49. The van der Waals surface area contributed by atoms with Crippen molar-refractivity contribution in [3.63, 3.8) is 0 Å². The van der Waals surface area contributed by atoms with E-state index in [1.807, 2.05) is 25.1 Å². The number of methoxy groups -OCH3 is 1. The molecule has 1 unspecified atom stereocenters. The molecule has 1 aromatic heterocycles. The fourth-order valence-corrected chi connectivity index (χ4v) is 1.86. The van der Waals surface area contributed by atoms with Gasteiger partial charge in [-0.3, -0.25) is 4.79 Å². The highest BCUT2D eigenvalue weighted by Crippen LogP contribution is 2.17. The molecule has 3 heteroatoms. The minimum atomic E-state index is -0.168. The largest absolute Gasteiger partial charge is 0.469 e. The average Bonchev–Trinajstić information content (AvgIpc) is 2.69. The van der Waals surface area contributed by atoms with Crippen LogP contribution < -0.4 is 0 Å². The van der Waals surface area contributed by atoms with Gasteiger partial charge in [0.15, 0.2) is 0 Å². The molecule has 1 aromatic carbocycles. The molecule has 0 aliphatic rings. The van der Waals surface area contributed by atoms with Crippen LogP contribution in [0.4, 0.5) is 0 Å². The fraction of sp³-hybridized carbons (Fsp3) is 0.308. The summed E-state index contributed by atoms with van der Waals surface area (Å²) in [7, 11) is 1.42. The number of H-pyrrole nitrogens is 1. The minimum absolute atomic E-state index is 0.113. The van der Waals surface area contributed by atoms with Gasteiger partial charge in [0.25, 0.3) is 0 Å². The van der Waals surface area contributed by atoms with Gasteiger partial charge in [0, 0.05) is 17.6 Å². The second-order valence-electron chi connectivity index (χ2n) is 4.01. The maximum atomic E-state index is 11.3. The molecule has 0 aliphatic carbocycles. The van der Waals surface area contributed by atoms with E-state index in [1.165, 1.54) is 12.5 Å². The summed E-state index contributed by atoms with van der Waals surface area (Å²) in [5.41, 5.74) is 2.17. The maximum Gasteiger partial charge on any atom is 0.308 e. The van der Waals surface area contributed by atoms with Gasteiger partial charge in [-0.2, -0.15) is 0 Å². The second-order valence-corrected chi connectivity index (χ2v) is 4.01. The van der Waals surface area contributed by atoms with Crippen LogP contribution in [0.15, 0.2) is 30.3 Å². The molecule has 2 rings (SSSR count). The van der Waals surface area contributed by atoms with Gasteiger partial charge >= 0.3 is 5.97 Å². The Bertz CT molecular complexity index is 468. The first-order chi connectivity index (χ1) is 7.70. The van der Waals surface area contributed by atoms with Crippen molar-refractivity contribution in [2.45, 2.75) is 13.3 Å². The van der Waals surface area contributed by atoms with Crippen LogP contribution >= 0.6 is 0 Å². The van der Waals surface area contributed by atoms with Crippen molar-refractivity contribution in [1.82, 2.24) is 4.98 Å². The number of para-hydroxylation sites is 1. The van der Waals surface area contributed by atoms with E-state index in [0.29, 0.717) is 6.42 Å². The molecule has 1 N–H and O–H groups in total. The van der Waals surface area contributed by atoms with E-state index >= 15 is 0 Å². The summed E-state index contributed by atoms with van der Waals surface area (Å²) in [5.74, 6) is -0.281. The van der Waals surface area contributed by atoms with Crippen molar-refractivity contribution in [2.24, 2.45) is 5.92 Å². The Balaban J connectivity index is 2.18. The Hall–Kier alpha value is -1.77. The number of carbonyl (C=O) groups excluding carboxylic acids is 1. The number of benzene rings is 1. The van der Waals surface area contributed by atoms with E-state index < -0.39 is 0 Å². The van der Waals surface area contributed by atoms with Crippen molar-refractivity contribution in [1.29, 1.82) is 0 Å². The summed E-state index contributed by atoms with van der Waals surface area (Å²) >= 11 is 0. The lowest BCUT2D eigenvalue weighted by Gasteiger charge is -2.06. The Morgan fingerprint density at radius 1 is 1.44 bits per heavy atom. The van der Waals surface area contributed by atoms with E-state index in [1.54, 1.807) is 0 Å². The van der Waals surface area contributed by atoms with Gasteiger partial charge in [0.2, 0.25) is 0 Å². The van der Waals surface area contributed by atoms with Gasteiger partial charge in [0.05, 0.1) is 13.0 Å². The molecule has 16 heavy (non-hydrogen) atoms. The first kappa shape index (κ1) is 10.7. The Morgan fingerprint density at radius 3 is 2.88 bits per heavy atom. The number of hydrogen-bond acceptors (Lipinski definition) is 2. The number of ether oxygens (including phenoxy) is 1. The van der Waals surface area contributed by atoms with Crippen LogP contribution in [-0.2, 0) is 16.0 Å². The van der Waals surface area contributed by atoms with Gasteiger partial charge < -0.3 is 9.72 Å². The third kappa shape index (κ3) is 2.08. The molecular weight excluding hydrogens is 202 g/mol. The van der Waals surface area contributed by atoms with E-state index in [9.17, 15) is 4.79 Å². The monoisotopic (exact) mass is 217 g/mol. The fourth-order valence-electron chi connectivity index (χ4n) is 1.86. The minimum Gasteiger partial charge on any atom is -0.469 e. The van der Waals surface area contributed by atoms with Gasteiger partial charge in [-0.1, -0.05) is 25.1 Å². The topological polar surface area (TPSA) is 42.1 Å². The number of aromatic nitrogens is 1. The molecule has 0 aliphatic heterocycles. The second kappa shape index (κ2) is 4.39. The first-order valence-electron chi connectivity index (χ1n) is 5.35. The number of rotatable bonds is 3. The van der Waals surface area contributed by atoms with Crippen LogP contribution in [0.2, 0.25) is 0 Å². The van der Waals surface area contributed by atoms with Crippen molar-refractivity contribution in [2.75, 3.05) is 7.11 Å². The Labute approximate surface area is 94.4 Å². The lowest BCUT2D eigenvalue weighted by atomic mass is 10.1. The van der Waals surface area contributed by atoms with E-state index in [0.717, 1.165) is 11.2 Å². The van der Waals surface area contributed by atoms with Crippen molar-refractivity contribution < 1.29 is 9.53 Å².